The standard InChI is InChI=1S/C12H14ClF3O2/c1-11(2,6-17)10-8(13)4-7(12(14,15)16)5-9(10)18-3/h4-5,17H,6H2,1-3H3. The largest absolute Gasteiger partial charge is 0.496 e. The van der Waals surface area contributed by atoms with E-state index in [-0.39, 0.29) is 17.4 Å². The van der Waals surface area contributed by atoms with E-state index in [4.69, 9.17) is 16.3 Å². The molecule has 102 valence electrons. The number of aliphatic hydroxyl groups is 1. The van der Waals surface area contributed by atoms with Crippen LogP contribution in [0.1, 0.15) is 25.0 Å². The summed E-state index contributed by atoms with van der Waals surface area (Å²) in [7, 11) is 1.27. The fourth-order valence-electron chi connectivity index (χ4n) is 1.64. The smallest absolute Gasteiger partial charge is 0.416 e. The van der Waals surface area contributed by atoms with Gasteiger partial charge in [-0.05, 0) is 12.1 Å². The van der Waals surface area contributed by atoms with E-state index in [9.17, 15) is 18.3 Å². The van der Waals surface area contributed by atoms with Crippen molar-refractivity contribution < 1.29 is 23.0 Å². The molecule has 1 aromatic carbocycles. The van der Waals surface area contributed by atoms with E-state index in [1.54, 1.807) is 13.8 Å². The lowest BCUT2D eigenvalue weighted by molar-refractivity contribution is -0.137. The van der Waals surface area contributed by atoms with Gasteiger partial charge in [-0.25, -0.2) is 0 Å². The Morgan fingerprint density at radius 2 is 1.83 bits per heavy atom. The first-order valence-corrected chi connectivity index (χ1v) is 5.57. The molecule has 18 heavy (non-hydrogen) atoms. The van der Waals surface area contributed by atoms with E-state index in [1.165, 1.54) is 7.11 Å². The van der Waals surface area contributed by atoms with Crippen LogP contribution in [0, 0.1) is 0 Å². The third-order valence-corrected chi connectivity index (χ3v) is 2.97. The van der Waals surface area contributed by atoms with Crippen LogP contribution in [0.4, 0.5) is 13.2 Å². The monoisotopic (exact) mass is 282 g/mol. The van der Waals surface area contributed by atoms with Gasteiger partial charge in [-0.15, -0.1) is 0 Å². The van der Waals surface area contributed by atoms with Crippen LogP contribution in [-0.2, 0) is 11.6 Å². The normalized spacial score (nSPS) is 12.7. The van der Waals surface area contributed by atoms with Crippen LogP contribution in [0.5, 0.6) is 5.75 Å². The molecule has 0 fully saturated rings. The number of rotatable bonds is 3. The Bertz CT molecular complexity index is 442. The van der Waals surface area contributed by atoms with Crippen molar-refractivity contribution in [3.05, 3.63) is 28.3 Å². The zero-order chi connectivity index (χ0) is 14.1. The lowest BCUT2D eigenvalue weighted by Gasteiger charge is -2.26. The van der Waals surface area contributed by atoms with E-state index in [1.807, 2.05) is 0 Å². The summed E-state index contributed by atoms with van der Waals surface area (Å²) in [6, 6.07) is 1.73. The van der Waals surface area contributed by atoms with Crippen LogP contribution in [0.25, 0.3) is 0 Å². The highest BCUT2D eigenvalue weighted by Crippen LogP contribution is 2.41. The zero-order valence-corrected chi connectivity index (χ0v) is 11.0. The molecule has 0 radical (unpaired) electrons. The Labute approximate surface area is 108 Å². The first-order chi connectivity index (χ1) is 8.13. The van der Waals surface area contributed by atoms with Crippen LogP contribution >= 0.6 is 11.6 Å². The van der Waals surface area contributed by atoms with E-state index >= 15 is 0 Å². The second kappa shape index (κ2) is 4.97. The Balaban J connectivity index is 3.48. The molecule has 0 spiro atoms. The molecule has 0 aliphatic heterocycles. The number of halogens is 4. The molecule has 1 N–H and O–H groups in total. The van der Waals surface area contributed by atoms with E-state index in [2.05, 4.69) is 0 Å². The van der Waals surface area contributed by atoms with Gasteiger partial charge in [0.1, 0.15) is 5.75 Å². The van der Waals surface area contributed by atoms with Crippen LogP contribution < -0.4 is 4.74 Å². The van der Waals surface area contributed by atoms with Gasteiger partial charge in [0, 0.05) is 16.0 Å². The molecule has 0 aliphatic rings. The summed E-state index contributed by atoms with van der Waals surface area (Å²) in [5.74, 6) is 0.0221. The fraction of sp³-hybridized carbons (Fsp3) is 0.500. The van der Waals surface area contributed by atoms with E-state index in [0.717, 1.165) is 12.1 Å². The number of ether oxygens (including phenoxy) is 1. The summed E-state index contributed by atoms with van der Waals surface area (Å²) in [5.41, 5.74) is -1.30. The number of aliphatic hydroxyl groups excluding tert-OH is 1. The third kappa shape index (κ3) is 2.90. The van der Waals surface area contributed by atoms with Crippen molar-refractivity contribution in [3.8, 4) is 5.75 Å². The first-order valence-electron chi connectivity index (χ1n) is 5.19. The fourth-order valence-corrected chi connectivity index (χ4v) is 2.11. The van der Waals surface area contributed by atoms with Gasteiger partial charge in [-0.1, -0.05) is 25.4 Å². The SMILES string of the molecule is COc1cc(C(F)(F)F)cc(Cl)c1C(C)(C)CO. The molecule has 0 heterocycles. The molecular formula is C12H14ClF3O2. The van der Waals surface area contributed by atoms with Gasteiger partial charge in [-0.3, -0.25) is 0 Å². The second-order valence-electron chi connectivity index (χ2n) is 4.58. The van der Waals surface area contributed by atoms with Crippen molar-refractivity contribution in [2.45, 2.75) is 25.4 Å². The molecule has 1 rings (SSSR count). The van der Waals surface area contributed by atoms with Gasteiger partial charge in [-0.2, -0.15) is 13.2 Å². The van der Waals surface area contributed by atoms with Crippen LogP contribution in [0.2, 0.25) is 5.02 Å². The Morgan fingerprint density at radius 3 is 2.22 bits per heavy atom. The first kappa shape index (κ1) is 15.1. The summed E-state index contributed by atoms with van der Waals surface area (Å²) in [5, 5.41) is 9.22. The minimum Gasteiger partial charge on any atom is -0.496 e. The number of hydrogen-bond acceptors (Lipinski definition) is 2. The number of methoxy groups -OCH3 is 1. The molecule has 0 aliphatic carbocycles. The van der Waals surface area contributed by atoms with Gasteiger partial charge in [0.05, 0.1) is 19.3 Å². The van der Waals surface area contributed by atoms with E-state index < -0.39 is 17.2 Å². The molecule has 0 amide bonds. The molecular weight excluding hydrogens is 269 g/mol. The number of hydrogen-bond donors (Lipinski definition) is 1. The van der Waals surface area contributed by atoms with Crippen LogP contribution in [0.15, 0.2) is 12.1 Å². The maximum Gasteiger partial charge on any atom is 0.416 e. The van der Waals surface area contributed by atoms with Gasteiger partial charge >= 0.3 is 6.18 Å². The molecule has 2 nitrogen and oxygen atoms in total. The summed E-state index contributed by atoms with van der Waals surface area (Å²) in [4.78, 5) is 0. The summed E-state index contributed by atoms with van der Waals surface area (Å²) in [6.07, 6.45) is -4.49. The third-order valence-electron chi connectivity index (χ3n) is 2.67. The molecule has 1 aromatic rings. The lowest BCUT2D eigenvalue weighted by atomic mass is 9.84. The molecule has 0 bridgehead atoms. The lowest BCUT2D eigenvalue weighted by Crippen LogP contribution is -2.24. The molecule has 0 saturated carbocycles. The van der Waals surface area contributed by atoms with Crippen LogP contribution in [0.3, 0.4) is 0 Å². The van der Waals surface area contributed by atoms with Gasteiger partial charge in [0.25, 0.3) is 0 Å². The predicted molar refractivity (Wildman–Crippen MR) is 63.1 cm³/mol. The Hall–Kier alpha value is -0.940. The zero-order valence-electron chi connectivity index (χ0n) is 10.2. The summed E-state index contributed by atoms with van der Waals surface area (Å²) in [6.45, 7) is 3.09. The quantitative estimate of drug-likeness (QED) is 0.917. The topological polar surface area (TPSA) is 29.5 Å². The second-order valence-corrected chi connectivity index (χ2v) is 4.98. The average Bonchev–Trinajstić information content (AvgIpc) is 2.26. The maximum atomic E-state index is 12.6. The maximum absolute atomic E-state index is 12.6. The van der Waals surface area contributed by atoms with Crippen molar-refractivity contribution in [2.24, 2.45) is 0 Å². The number of benzene rings is 1. The molecule has 0 atom stereocenters. The minimum atomic E-state index is -4.49. The van der Waals surface area contributed by atoms with Crippen molar-refractivity contribution in [1.82, 2.24) is 0 Å². The van der Waals surface area contributed by atoms with Crippen molar-refractivity contribution in [3.63, 3.8) is 0 Å². The van der Waals surface area contributed by atoms with Crippen molar-refractivity contribution in [1.29, 1.82) is 0 Å². The highest BCUT2D eigenvalue weighted by atomic mass is 35.5. The van der Waals surface area contributed by atoms with Crippen molar-refractivity contribution in [2.75, 3.05) is 13.7 Å². The predicted octanol–water partition coefficient (Wildman–Crippen LogP) is 3.64. The summed E-state index contributed by atoms with van der Waals surface area (Å²) >= 11 is 5.89. The summed E-state index contributed by atoms with van der Waals surface area (Å²) < 4.78 is 42.8. The molecule has 0 saturated heterocycles. The van der Waals surface area contributed by atoms with Gasteiger partial charge in [0.2, 0.25) is 0 Å². The molecule has 0 aromatic heterocycles. The molecule has 6 heteroatoms. The van der Waals surface area contributed by atoms with Crippen molar-refractivity contribution >= 4 is 11.6 Å². The number of alkyl halides is 3. The van der Waals surface area contributed by atoms with Crippen LogP contribution in [-0.4, -0.2) is 18.8 Å². The Morgan fingerprint density at radius 1 is 1.28 bits per heavy atom. The van der Waals surface area contributed by atoms with Gasteiger partial charge in [0.15, 0.2) is 0 Å². The molecule has 0 unspecified atom stereocenters. The average molecular weight is 283 g/mol. The Kier molecular flexibility index (Phi) is 4.18. The van der Waals surface area contributed by atoms with E-state index in [0.29, 0.717) is 5.56 Å². The minimum absolute atomic E-state index is 0.0221. The van der Waals surface area contributed by atoms with Gasteiger partial charge < -0.3 is 9.84 Å². The highest BCUT2D eigenvalue weighted by molar-refractivity contribution is 6.31. The highest BCUT2D eigenvalue weighted by Gasteiger charge is 2.35.